The van der Waals surface area contributed by atoms with E-state index in [4.69, 9.17) is 8.85 Å². The van der Waals surface area contributed by atoms with Crippen molar-refractivity contribution in [1.29, 1.82) is 0 Å². The van der Waals surface area contributed by atoms with Gasteiger partial charge >= 0.3 is 0 Å². The van der Waals surface area contributed by atoms with Crippen LogP contribution in [0.1, 0.15) is 28.6 Å². The molecule has 3 aliphatic rings. The van der Waals surface area contributed by atoms with Crippen LogP contribution in [0.25, 0.3) is 10.9 Å². The van der Waals surface area contributed by atoms with Crippen molar-refractivity contribution < 1.29 is 19.1 Å². The van der Waals surface area contributed by atoms with Gasteiger partial charge in [-0.15, -0.1) is 6.53 Å². The van der Waals surface area contributed by atoms with E-state index in [9.17, 15) is 10.2 Å². The van der Waals surface area contributed by atoms with Gasteiger partial charge in [0.1, 0.15) is 5.75 Å². The first-order chi connectivity index (χ1) is 13.3. The Bertz CT molecular complexity index is 934. The molecule has 3 saturated heterocycles. The van der Waals surface area contributed by atoms with Crippen LogP contribution in [0.15, 0.2) is 43.0 Å². The van der Waals surface area contributed by atoms with E-state index in [1.165, 1.54) is 0 Å². The largest absolute Gasteiger partial charge is 0.497 e. The first-order valence-corrected chi connectivity index (χ1v) is 8.57. The maximum atomic E-state index is 11.2. The average molecular weight is 343 g/mol. The Kier molecular flexibility index (Phi) is 3.24. The highest BCUT2D eigenvalue weighted by Crippen LogP contribution is 2.44. The Balaban J connectivity index is 1.67. The van der Waals surface area contributed by atoms with Gasteiger partial charge in [0.15, 0.2) is 0 Å². The first kappa shape index (κ1) is 13.3. The summed E-state index contributed by atoms with van der Waals surface area (Å²) in [5, 5.41) is 23.0. The Morgan fingerprint density at radius 3 is 3.16 bits per heavy atom. The van der Waals surface area contributed by atoms with E-state index in [0.29, 0.717) is 25.1 Å². The SMILES string of the molecule is [2H]C([2H])=C([2H])C1(O)CN2CCC1C[C@H]2[C@H](O)c1ccnc2ccc(OC)cc12. The molecule has 2 bridgehead atoms. The van der Waals surface area contributed by atoms with E-state index < -0.39 is 18.2 Å². The summed E-state index contributed by atoms with van der Waals surface area (Å²) < 4.78 is 28.2. The van der Waals surface area contributed by atoms with Gasteiger partial charge in [-0.3, -0.25) is 9.88 Å². The Hall–Kier alpha value is -1.95. The van der Waals surface area contributed by atoms with Crippen LogP contribution in [-0.4, -0.2) is 51.9 Å². The predicted octanol–water partition coefficient (Wildman–Crippen LogP) is 2.29. The van der Waals surface area contributed by atoms with Crippen LogP contribution in [0.4, 0.5) is 0 Å². The standard InChI is InChI=1S/C20H24N2O3/c1-3-20(24)12-22-9-7-13(20)10-18(22)19(23)15-6-8-21-17-5-4-14(25-2)11-16(15)17/h3-6,8,11,13,18-19,23-24H,1,7,9-10,12H2,2H3/t13?,18-,19+,20?/m0/s1/i1D2,3D. The van der Waals surface area contributed by atoms with Crippen LogP contribution >= 0.6 is 0 Å². The third kappa shape index (κ3) is 2.63. The number of rotatable bonds is 4. The second kappa shape index (κ2) is 6.09. The number of piperidine rings is 3. The molecule has 3 aliphatic heterocycles. The van der Waals surface area contributed by atoms with Gasteiger partial charge < -0.3 is 14.9 Å². The molecule has 0 aliphatic carbocycles. The quantitative estimate of drug-likeness (QED) is 0.834. The van der Waals surface area contributed by atoms with Crippen LogP contribution < -0.4 is 4.74 Å². The monoisotopic (exact) mass is 343 g/mol. The van der Waals surface area contributed by atoms with Crippen molar-refractivity contribution in [3.8, 4) is 5.75 Å². The Morgan fingerprint density at radius 2 is 2.44 bits per heavy atom. The number of hydrogen-bond acceptors (Lipinski definition) is 5. The van der Waals surface area contributed by atoms with Crippen LogP contribution in [0.2, 0.25) is 0 Å². The number of nitrogens with zero attached hydrogens (tertiary/aromatic N) is 2. The number of aliphatic hydroxyl groups excluding tert-OH is 1. The van der Waals surface area contributed by atoms with Crippen molar-refractivity contribution in [2.75, 3.05) is 20.2 Å². The third-order valence-corrected chi connectivity index (χ3v) is 5.76. The summed E-state index contributed by atoms with van der Waals surface area (Å²) in [6.45, 7) is 0.214. The number of methoxy groups -OCH3 is 1. The lowest BCUT2D eigenvalue weighted by Crippen LogP contribution is -2.63. The molecule has 2 N–H and O–H groups in total. The van der Waals surface area contributed by atoms with Gasteiger partial charge in [0.05, 0.1) is 28.4 Å². The summed E-state index contributed by atoms with van der Waals surface area (Å²) in [5.41, 5.74) is 0.0409. The maximum Gasteiger partial charge on any atom is 0.119 e. The first-order valence-electron chi connectivity index (χ1n) is 10.1. The molecule has 5 atom stereocenters. The lowest BCUT2D eigenvalue weighted by molar-refractivity contribution is -0.127. The van der Waals surface area contributed by atoms with E-state index in [-0.39, 0.29) is 24.6 Å². The number of benzene rings is 1. The van der Waals surface area contributed by atoms with Crippen LogP contribution in [0, 0.1) is 5.92 Å². The number of hydrogen-bond donors (Lipinski definition) is 2. The summed E-state index contributed by atoms with van der Waals surface area (Å²) in [6, 6.07) is 6.82. The van der Waals surface area contributed by atoms with E-state index in [0.717, 1.165) is 16.5 Å². The van der Waals surface area contributed by atoms with E-state index in [1.54, 1.807) is 13.3 Å². The summed E-state index contributed by atoms with van der Waals surface area (Å²) >= 11 is 0. The predicted molar refractivity (Wildman–Crippen MR) is 96.5 cm³/mol. The number of fused-ring (bicyclic) bond motifs is 4. The molecular formula is C20H24N2O3. The number of aliphatic hydroxyl groups is 2. The summed E-state index contributed by atoms with van der Waals surface area (Å²) in [5.74, 6) is 0.439. The van der Waals surface area contributed by atoms with Gasteiger partial charge in [0, 0.05) is 24.2 Å². The van der Waals surface area contributed by atoms with Gasteiger partial charge in [0.2, 0.25) is 0 Å². The fourth-order valence-corrected chi connectivity index (χ4v) is 4.32. The molecule has 5 heteroatoms. The Labute approximate surface area is 151 Å². The van der Waals surface area contributed by atoms with Crippen LogP contribution in [-0.2, 0) is 0 Å². The molecule has 5 nitrogen and oxygen atoms in total. The third-order valence-electron chi connectivity index (χ3n) is 5.76. The second-order valence-corrected chi connectivity index (χ2v) is 7.04. The molecule has 1 aromatic heterocycles. The van der Waals surface area contributed by atoms with Gasteiger partial charge in [-0.25, -0.2) is 0 Å². The highest BCUT2D eigenvalue weighted by molar-refractivity contribution is 5.83. The number of ether oxygens (including phenoxy) is 1. The molecular weight excluding hydrogens is 316 g/mol. The molecule has 132 valence electrons. The molecule has 2 aromatic rings. The van der Waals surface area contributed by atoms with Gasteiger partial charge in [-0.2, -0.15) is 0 Å². The van der Waals surface area contributed by atoms with Crippen molar-refractivity contribution >= 4 is 10.9 Å². The minimum absolute atomic E-state index is 0.159. The van der Waals surface area contributed by atoms with Crippen LogP contribution in [0.5, 0.6) is 5.75 Å². The number of pyridine rings is 1. The zero-order valence-electron chi connectivity index (χ0n) is 17.1. The van der Waals surface area contributed by atoms with E-state index in [2.05, 4.69) is 4.98 Å². The molecule has 5 rings (SSSR count). The normalized spacial score (nSPS) is 34.0. The van der Waals surface area contributed by atoms with Crippen molar-refractivity contribution in [2.24, 2.45) is 5.92 Å². The molecule has 0 spiro atoms. The topological polar surface area (TPSA) is 65.8 Å². The minimum atomic E-state index is -1.49. The second-order valence-electron chi connectivity index (χ2n) is 7.04. The fourth-order valence-electron chi connectivity index (χ4n) is 4.32. The highest BCUT2D eigenvalue weighted by Gasteiger charge is 2.49. The molecule has 3 unspecified atom stereocenters. The van der Waals surface area contributed by atoms with Crippen molar-refractivity contribution in [2.45, 2.75) is 30.6 Å². The average Bonchev–Trinajstić information content (AvgIpc) is 2.72. The molecule has 0 saturated carbocycles. The molecule has 3 fully saturated rings. The van der Waals surface area contributed by atoms with Crippen molar-refractivity contribution in [1.82, 2.24) is 9.88 Å². The van der Waals surface area contributed by atoms with Gasteiger partial charge in [0.25, 0.3) is 0 Å². The van der Waals surface area contributed by atoms with Crippen molar-refractivity contribution in [3.05, 3.63) is 48.6 Å². The maximum absolute atomic E-state index is 11.2. The van der Waals surface area contributed by atoms with E-state index in [1.807, 2.05) is 29.2 Å². The van der Waals surface area contributed by atoms with Gasteiger partial charge in [-0.1, -0.05) is 6.05 Å². The summed E-state index contributed by atoms with van der Waals surface area (Å²) in [6.07, 6.45) is 2.08. The summed E-state index contributed by atoms with van der Waals surface area (Å²) in [7, 11) is 1.60. The zero-order chi connectivity index (χ0) is 20.1. The van der Waals surface area contributed by atoms with Crippen LogP contribution in [0.3, 0.4) is 0 Å². The highest BCUT2D eigenvalue weighted by atomic mass is 16.5. The summed E-state index contributed by atoms with van der Waals surface area (Å²) in [4.78, 5) is 6.35. The van der Waals surface area contributed by atoms with Gasteiger partial charge in [-0.05, 0) is 55.1 Å². The molecule has 0 amide bonds. The fraction of sp³-hybridized carbons (Fsp3) is 0.450. The number of aromatic nitrogens is 1. The molecule has 0 radical (unpaired) electrons. The molecule has 1 aromatic carbocycles. The molecule has 25 heavy (non-hydrogen) atoms. The lowest BCUT2D eigenvalue weighted by Gasteiger charge is -2.54. The van der Waals surface area contributed by atoms with Crippen molar-refractivity contribution in [3.63, 3.8) is 0 Å². The smallest absolute Gasteiger partial charge is 0.119 e. The van der Waals surface area contributed by atoms with E-state index >= 15 is 0 Å². The minimum Gasteiger partial charge on any atom is -0.497 e. The Morgan fingerprint density at radius 1 is 1.56 bits per heavy atom. The zero-order valence-corrected chi connectivity index (χ0v) is 14.1. The lowest BCUT2D eigenvalue weighted by atomic mass is 9.71. The molecule has 4 heterocycles.